The van der Waals surface area contributed by atoms with E-state index in [1.54, 1.807) is 24.3 Å². The Morgan fingerprint density at radius 1 is 0.516 bits per heavy atom. The van der Waals surface area contributed by atoms with Gasteiger partial charge in [-0.15, -0.1) is 0 Å². The molecule has 13 rings (SSSR count). The molecular weight excluding hydrogens is 777 g/mol. The first-order chi connectivity index (χ1) is 30.2. The number of carboxylic acids is 2. The second-order valence-electron chi connectivity index (χ2n) is 16.3. The van der Waals surface area contributed by atoms with E-state index in [0.29, 0.717) is 38.5 Å². The van der Waals surface area contributed by atoms with E-state index in [1.165, 1.54) is 0 Å². The van der Waals surface area contributed by atoms with Gasteiger partial charge in [-0.1, -0.05) is 121 Å². The number of ketones is 1. The molecule has 0 radical (unpaired) electrons. The molecule has 2 aliphatic heterocycles. The molecule has 5 aliphatic rings. The summed E-state index contributed by atoms with van der Waals surface area (Å²) < 4.78 is 0. The van der Waals surface area contributed by atoms with Crippen molar-refractivity contribution in [2.45, 2.75) is 11.3 Å². The standard InChI is InChI=1S/C52H30N4O6/c57-47-43(29-23-21-25-9-5-19-37-39(25)45(29)55-51(53-37)33-15-3-1-11-27(33)41-31(49(59)60)13-7-17-35(41)51)48(58)44(47)30-24-22-26-10-6-20-38-40(26)46(30)56-52(54-38)34-16-4-2-12-28(34)42-32(50(61)62)14-8-18-36(42)52/h1-24,53-55,57H,(H,59,60)(H,61,62). The normalized spacial score (nSPS) is 20.1. The van der Waals surface area contributed by atoms with Crippen molar-refractivity contribution in [1.82, 2.24) is 0 Å². The summed E-state index contributed by atoms with van der Waals surface area (Å²) in [5.74, 6) is -2.62. The number of nitrogens with one attached hydrogen (secondary N) is 3. The van der Waals surface area contributed by atoms with Gasteiger partial charge in [0, 0.05) is 66.3 Å². The van der Waals surface area contributed by atoms with Crippen LogP contribution in [-0.2, 0) is 16.1 Å². The average Bonchev–Trinajstić information content (AvgIpc) is 3.71. The fourth-order valence-corrected chi connectivity index (χ4v) is 10.8. The van der Waals surface area contributed by atoms with Gasteiger partial charge in [0.25, 0.3) is 0 Å². The highest BCUT2D eigenvalue weighted by atomic mass is 16.4. The third kappa shape index (κ3) is 4.08. The summed E-state index contributed by atoms with van der Waals surface area (Å²) in [6, 6.07) is 45.1. The number of nitrogens with zero attached hydrogens (tertiary/aromatic N) is 1. The van der Waals surface area contributed by atoms with Crippen molar-refractivity contribution in [3.05, 3.63) is 201 Å². The summed E-state index contributed by atoms with van der Waals surface area (Å²) in [5, 5.41) is 48.5. The van der Waals surface area contributed by atoms with Crippen LogP contribution in [0.15, 0.2) is 156 Å². The minimum absolute atomic E-state index is 0.130. The van der Waals surface area contributed by atoms with Crippen LogP contribution in [-0.4, -0.2) is 33.0 Å². The number of carbonyl (C=O) groups excluding carboxylic acids is 1. The van der Waals surface area contributed by atoms with Gasteiger partial charge in [0.05, 0.1) is 33.3 Å². The molecule has 2 spiro atoms. The Bertz CT molecular complexity index is 3690. The van der Waals surface area contributed by atoms with Gasteiger partial charge in [0.1, 0.15) is 5.76 Å². The predicted octanol–water partition coefficient (Wildman–Crippen LogP) is 8.74. The van der Waals surface area contributed by atoms with Crippen LogP contribution in [0.1, 0.15) is 48.5 Å². The molecule has 0 saturated heterocycles. The van der Waals surface area contributed by atoms with E-state index in [0.717, 1.165) is 60.7 Å². The zero-order valence-corrected chi connectivity index (χ0v) is 32.4. The van der Waals surface area contributed by atoms with Crippen LogP contribution in [0.4, 0.5) is 17.1 Å². The number of rotatable bonds is 3. The highest BCUT2D eigenvalue weighted by Crippen LogP contribution is 2.56. The molecule has 62 heavy (non-hydrogen) atoms. The zero-order chi connectivity index (χ0) is 41.8. The van der Waals surface area contributed by atoms with Crippen molar-refractivity contribution in [2.24, 2.45) is 4.99 Å². The Kier molecular flexibility index (Phi) is 6.44. The molecule has 0 aromatic heterocycles. The Morgan fingerprint density at radius 3 is 1.81 bits per heavy atom. The van der Waals surface area contributed by atoms with E-state index < -0.39 is 23.3 Å². The average molecular weight is 807 g/mol. The van der Waals surface area contributed by atoms with Crippen molar-refractivity contribution >= 4 is 67.5 Å². The molecule has 294 valence electrons. The molecule has 3 aliphatic carbocycles. The van der Waals surface area contributed by atoms with Crippen molar-refractivity contribution in [3.63, 3.8) is 0 Å². The lowest BCUT2D eigenvalue weighted by molar-refractivity contribution is -0.109. The molecule has 0 saturated carbocycles. The molecule has 2 atom stereocenters. The number of carboxylic acid groups (broad SMARTS) is 2. The Balaban J connectivity index is 1.06. The third-order valence-electron chi connectivity index (χ3n) is 13.3. The van der Waals surface area contributed by atoms with Crippen LogP contribution < -0.4 is 26.5 Å². The highest BCUT2D eigenvalue weighted by molar-refractivity contribution is 6.52. The van der Waals surface area contributed by atoms with Gasteiger partial charge in [-0.2, -0.15) is 0 Å². The maximum atomic E-state index is 15.0. The number of hydrogen-bond acceptors (Lipinski definition) is 8. The van der Waals surface area contributed by atoms with Crippen LogP contribution in [0, 0.1) is 0 Å². The minimum atomic E-state index is -1.23. The van der Waals surface area contributed by atoms with Crippen LogP contribution in [0.2, 0.25) is 0 Å². The third-order valence-corrected chi connectivity index (χ3v) is 13.3. The Hall–Kier alpha value is -8.50. The van der Waals surface area contributed by atoms with Crippen molar-refractivity contribution < 1.29 is 29.7 Å². The fraction of sp³-hybridized carbons (Fsp3) is 0.0385. The van der Waals surface area contributed by atoms with Crippen LogP contribution in [0.5, 0.6) is 0 Å². The summed E-state index contributed by atoms with van der Waals surface area (Å²) in [5.41, 5.74) is 6.64. The van der Waals surface area contributed by atoms with Crippen LogP contribution in [0.3, 0.4) is 0 Å². The summed E-state index contributed by atoms with van der Waals surface area (Å²) in [6.45, 7) is 0. The summed E-state index contributed by atoms with van der Waals surface area (Å²) >= 11 is 0. The largest absolute Gasteiger partial charge is 0.506 e. The molecule has 8 aromatic rings. The topological polar surface area (TPSA) is 160 Å². The quantitative estimate of drug-likeness (QED) is 0.103. The van der Waals surface area contributed by atoms with Gasteiger partial charge in [0.2, 0.25) is 5.78 Å². The predicted molar refractivity (Wildman–Crippen MR) is 237 cm³/mol. The Morgan fingerprint density at radius 2 is 1.10 bits per heavy atom. The summed E-state index contributed by atoms with van der Waals surface area (Å²) in [4.78, 5) is 45.7. The molecular formula is C52H30N4O6. The van der Waals surface area contributed by atoms with Gasteiger partial charge in [-0.05, 0) is 46.2 Å². The lowest BCUT2D eigenvalue weighted by atomic mass is 9.79. The molecule has 0 amide bonds. The molecule has 8 aromatic carbocycles. The minimum Gasteiger partial charge on any atom is -0.506 e. The van der Waals surface area contributed by atoms with Gasteiger partial charge in [-0.25, -0.2) is 14.6 Å². The maximum Gasteiger partial charge on any atom is 0.336 e. The van der Waals surface area contributed by atoms with Crippen LogP contribution >= 0.6 is 0 Å². The fourth-order valence-electron chi connectivity index (χ4n) is 10.8. The second-order valence-corrected chi connectivity index (χ2v) is 16.3. The van der Waals surface area contributed by atoms with Gasteiger partial charge >= 0.3 is 11.9 Å². The number of benzene rings is 8. The molecule has 10 nitrogen and oxygen atoms in total. The van der Waals surface area contributed by atoms with Crippen LogP contribution in [0.25, 0.3) is 54.9 Å². The zero-order valence-electron chi connectivity index (χ0n) is 32.4. The monoisotopic (exact) mass is 806 g/mol. The number of aliphatic hydroxyl groups is 1. The first-order valence-corrected chi connectivity index (χ1v) is 20.2. The lowest BCUT2D eigenvalue weighted by Crippen LogP contribution is -2.45. The number of aromatic carboxylic acids is 2. The van der Waals surface area contributed by atoms with E-state index in [1.807, 2.05) is 121 Å². The van der Waals surface area contributed by atoms with Gasteiger partial charge in [-0.3, -0.25) is 4.79 Å². The number of carbonyl (C=O) groups is 3. The molecule has 0 bridgehead atoms. The van der Waals surface area contributed by atoms with Gasteiger partial charge < -0.3 is 31.3 Å². The van der Waals surface area contributed by atoms with E-state index in [2.05, 4.69) is 16.0 Å². The molecule has 6 N–H and O–H groups in total. The number of hydrogen-bond donors (Lipinski definition) is 6. The first kappa shape index (κ1) is 34.4. The lowest BCUT2D eigenvalue weighted by Gasteiger charge is -2.41. The Labute approximate surface area is 351 Å². The van der Waals surface area contributed by atoms with Crippen molar-refractivity contribution in [3.8, 4) is 22.3 Å². The number of aliphatic hydroxyl groups excluding tert-OH is 1. The highest BCUT2D eigenvalue weighted by Gasteiger charge is 2.50. The number of anilines is 3. The number of fused-ring (bicyclic) bond motifs is 10. The van der Waals surface area contributed by atoms with E-state index >= 15 is 0 Å². The van der Waals surface area contributed by atoms with Crippen molar-refractivity contribution in [2.75, 3.05) is 16.0 Å². The molecule has 10 heteroatoms. The molecule has 2 heterocycles. The van der Waals surface area contributed by atoms with E-state index in [-0.39, 0.29) is 33.8 Å². The van der Waals surface area contributed by atoms with Crippen molar-refractivity contribution in [1.29, 1.82) is 0 Å². The second kappa shape index (κ2) is 11.6. The van der Waals surface area contributed by atoms with E-state index in [4.69, 9.17) is 4.99 Å². The number of allylic oxidation sites excluding steroid dienone is 2. The molecule has 0 fully saturated rings. The number of Topliss-reactive ketones (excluding diaryl/α,β-unsaturated/α-hetero) is 1. The summed E-state index contributed by atoms with van der Waals surface area (Å²) in [6.07, 6.45) is 0. The maximum absolute atomic E-state index is 15.0. The van der Waals surface area contributed by atoms with Gasteiger partial charge in [0.15, 0.2) is 11.3 Å². The van der Waals surface area contributed by atoms with E-state index in [9.17, 15) is 29.7 Å². The first-order valence-electron chi connectivity index (χ1n) is 20.2. The summed E-state index contributed by atoms with van der Waals surface area (Å²) in [7, 11) is 0. The smallest absolute Gasteiger partial charge is 0.336 e. The molecule has 2 unspecified atom stereocenters. The SMILES string of the molecule is O=C1C(c2ccc3cccc4c3c2NC2(N4)c3ccccc3-c3c(C(=O)O)cccc32)=C(O)C1=c1ccc2cccc3c2c1=NC1(N3)c2ccccc2-c2c(C(=O)O)cccc21.